The van der Waals surface area contributed by atoms with E-state index >= 15 is 0 Å². The Morgan fingerprint density at radius 3 is 2.16 bits per heavy atom. The minimum absolute atomic E-state index is 0.0514. The molecule has 0 heterocycles. The highest BCUT2D eigenvalue weighted by atomic mass is 16.5. The first-order valence-corrected chi connectivity index (χ1v) is 12.2. The molecule has 6 heteroatoms. The van der Waals surface area contributed by atoms with Gasteiger partial charge in [0.15, 0.2) is 0 Å². The number of carbonyl (C=O) groups is 3. The molecule has 4 aliphatic carbocycles. The summed E-state index contributed by atoms with van der Waals surface area (Å²) in [7, 11) is 0. The number of esters is 1. The van der Waals surface area contributed by atoms with E-state index in [-0.39, 0.29) is 36.2 Å². The Bertz CT molecular complexity index is 797. The molecule has 1 aromatic carbocycles. The standard InChI is InChI=1S/C26H36N2O4/c1-18-2-4-19(5-3-18)6-7-23(29)27-10-11-32-24(30)8-9-28-25(31)26-15-20-12-21(16-26)14-22(13-20)17-26/h2-5,20-22H,6-17H2,1H3,(H,27,29)(H,28,31). The summed E-state index contributed by atoms with van der Waals surface area (Å²) < 4.78 is 5.19. The number of rotatable bonds is 10. The minimum Gasteiger partial charge on any atom is -0.464 e. The molecule has 0 aromatic heterocycles. The molecule has 4 aliphatic rings. The first-order valence-electron chi connectivity index (χ1n) is 12.2. The van der Waals surface area contributed by atoms with E-state index in [2.05, 4.69) is 10.6 Å². The zero-order chi connectivity index (χ0) is 22.6. The van der Waals surface area contributed by atoms with Gasteiger partial charge >= 0.3 is 5.97 Å². The molecule has 4 bridgehead atoms. The van der Waals surface area contributed by atoms with Crippen LogP contribution in [0.4, 0.5) is 0 Å². The fourth-order valence-electron chi connectivity index (χ4n) is 6.38. The summed E-state index contributed by atoms with van der Waals surface area (Å²) >= 11 is 0. The summed E-state index contributed by atoms with van der Waals surface area (Å²) in [4.78, 5) is 36.8. The third kappa shape index (κ3) is 5.70. The van der Waals surface area contributed by atoms with Crippen LogP contribution in [0.15, 0.2) is 24.3 Å². The molecule has 0 saturated heterocycles. The van der Waals surface area contributed by atoms with E-state index in [4.69, 9.17) is 4.74 Å². The lowest BCUT2D eigenvalue weighted by Gasteiger charge is -2.55. The molecule has 0 spiro atoms. The summed E-state index contributed by atoms with van der Waals surface area (Å²) in [5, 5.41) is 5.79. The third-order valence-electron chi connectivity index (χ3n) is 7.58. The Hall–Kier alpha value is -2.37. The average molecular weight is 441 g/mol. The molecule has 0 aliphatic heterocycles. The summed E-state index contributed by atoms with van der Waals surface area (Å²) in [6, 6.07) is 8.15. The summed E-state index contributed by atoms with van der Waals surface area (Å²) in [5.41, 5.74) is 2.15. The molecule has 0 unspecified atom stereocenters. The fourth-order valence-corrected chi connectivity index (χ4v) is 6.38. The van der Waals surface area contributed by atoms with Crippen LogP contribution in [0.1, 0.15) is 62.5 Å². The molecular weight excluding hydrogens is 404 g/mol. The van der Waals surface area contributed by atoms with Crippen molar-refractivity contribution < 1.29 is 19.1 Å². The highest BCUT2D eigenvalue weighted by Crippen LogP contribution is 2.60. The van der Waals surface area contributed by atoms with E-state index in [1.54, 1.807) is 0 Å². The highest BCUT2D eigenvalue weighted by molar-refractivity contribution is 5.83. The molecule has 4 saturated carbocycles. The normalized spacial score (nSPS) is 27.7. The molecule has 2 amide bonds. The van der Waals surface area contributed by atoms with Crippen molar-refractivity contribution in [2.45, 2.75) is 64.7 Å². The van der Waals surface area contributed by atoms with Crippen molar-refractivity contribution in [2.24, 2.45) is 23.2 Å². The van der Waals surface area contributed by atoms with Gasteiger partial charge in [-0.25, -0.2) is 0 Å². The lowest BCUT2D eigenvalue weighted by Crippen LogP contribution is -2.53. The van der Waals surface area contributed by atoms with Gasteiger partial charge in [-0.15, -0.1) is 0 Å². The SMILES string of the molecule is Cc1ccc(CCC(=O)NCCOC(=O)CCNC(=O)C23CC4CC(CC(C4)C2)C3)cc1. The second kappa shape index (κ2) is 10.1. The molecule has 32 heavy (non-hydrogen) atoms. The average Bonchev–Trinajstić information content (AvgIpc) is 2.75. The maximum absolute atomic E-state index is 12.9. The van der Waals surface area contributed by atoms with Gasteiger partial charge in [0.25, 0.3) is 0 Å². The molecule has 2 N–H and O–H groups in total. The molecule has 0 atom stereocenters. The van der Waals surface area contributed by atoms with Crippen molar-refractivity contribution >= 4 is 17.8 Å². The number of amides is 2. The van der Waals surface area contributed by atoms with Crippen LogP contribution in [0.25, 0.3) is 0 Å². The first kappa shape index (κ1) is 22.8. The molecule has 0 radical (unpaired) electrons. The fraction of sp³-hybridized carbons (Fsp3) is 0.654. The second-order valence-electron chi connectivity index (χ2n) is 10.3. The van der Waals surface area contributed by atoms with Crippen LogP contribution in [-0.2, 0) is 25.5 Å². The van der Waals surface area contributed by atoms with Crippen LogP contribution in [0.2, 0.25) is 0 Å². The zero-order valence-electron chi connectivity index (χ0n) is 19.2. The maximum Gasteiger partial charge on any atom is 0.307 e. The Morgan fingerprint density at radius 2 is 1.53 bits per heavy atom. The predicted molar refractivity (Wildman–Crippen MR) is 122 cm³/mol. The van der Waals surface area contributed by atoms with Gasteiger partial charge < -0.3 is 15.4 Å². The quantitative estimate of drug-likeness (QED) is 0.432. The topological polar surface area (TPSA) is 84.5 Å². The van der Waals surface area contributed by atoms with Gasteiger partial charge in [-0.3, -0.25) is 14.4 Å². The lowest BCUT2D eigenvalue weighted by molar-refractivity contribution is -0.147. The molecule has 1 aromatic rings. The number of ether oxygens (including phenoxy) is 1. The Morgan fingerprint density at radius 1 is 0.906 bits per heavy atom. The third-order valence-corrected chi connectivity index (χ3v) is 7.58. The molecule has 174 valence electrons. The number of nitrogens with one attached hydrogen (secondary N) is 2. The van der Waals surface area contributed by atoms with E-state index in [0.29, 0.717) is 25.9 Å². The van der Waals surface area contributed by atoms with Gasteiger partial charge in [0.1, 0.15) is 6.61 Å². The molecule has 5 rings (SSSR count). The van der Waals surface area contributed by atoms with Crippen LogP contribution in [0.3, 0.4) is 0 Å². The molecule has 4 fully saturated rings. The Labute approximate surface area is 190 Å². The number of benzene rings is 1. The van der Waals surface area contributed by atoms with Gasteiger partial charge in [0, 0.05) is 18.4 Å². The van der Waals surface area contributed by atoms with Crippen molar-refractivity contribution in [1.29, 1.82) is 0 Å². The van der Waals surface area contributed by atoms with Crippen molar-refractivity contribution in [3.63, 3.8) is 0 Å². The number of hydrogen-bond acceptors (Lipinski definition) is 4. The van der Waals surface area contributed by atoms with Crippen LogP contribution in [-0.4, -0.2) is 37.5 Å². The largest absolute Gasteiger partial charge is 0.464 e. The first-order chi connectivity index (χ1) is 15.4. The molecular formula is C26H36N2O4. The van der Waals surface area contributed by atoms with E-state index < -0.39 is 0 Å². The number of aryl methyl sites for hydroxylation is 2. The van der Waals surface area contributed by atoms with Crippen molar-refractivity contribution in [3.8, 4) is 0 Å². The second-order valence-corrected chi connectivity index (χ2v) is 10.3. The van der Waals surface area contributed by atoms with Crippen molar-refractivity contribution in [3.05, 3.63) is 35.4 Å². The molecule has 6 nitrogen and oxygen atoms in total. The zero-order valence-corrected chi connectivity index (χ0v) is 19.2. The van der Waals surface area contributed by atoms with Gasteiger partial charge in [0.2, 0.25) is 11.8 Å². The minimum atomic E-state index is -0.343. The predicted octanol–water partition coefficient (Wildman–Crippen LogP) is 3.31. The smallest absolute Gasteiger partial charge is 0.307 e. The van der Waals surface area contributed by atoms with Crippen LogP contribution < -0.4 is 10.6 Å². The van der Waals surface area contributed by atoms with E-state index in [9.17, 15) is 14.4 Å². The number of carbonyl (C=O) groups excluding carboxylic acids is 3. The lowest BCUT2D eigenvalue weighted by atomic mass is 9.49. The summed E-state index contributed by atoms with van der Waals surface area (Å²) in [6.07, 6.45) is 8.27. The van der Waals surface area contributed by atoms with Gasteiger partial charge in [0.05, 0.1) is 13.0 Å². The Kier molecular flexibility index (Phi) is 7.17. The van der Waals surface area contributed by atoms with E-state index in [0.717, 1.165) is 42.6 Å². The van der Waals surface area contributed by atoms with E-state index in [1.165, 1.54) is 24.8 Å². The van der Waals surface area contributed by atoms with Crippen molar-refractivity contribution in [2.75, 3.05) is 19.7 Å². The maximum atomic E-state index is 12.9. The monoisotopic (exact) mass is 440 g/mol. The summed E-state index contributed by atoms with van der Waals surface area (Å²) in [5.74, 6) is 1.93. The van der Waals surface area contributed by atoms with Gasteiger partial charge in [-0.1, -0.05) is 29.8 Å². The van der Waals surface area contributed by atoms with Crippen LogP contribution in [0.5, 0.6) is 0 Å². The number of hydrogen-bond donors (Lipinski definition) is 2. The highest BCUT2D eigenvalue weighted by Gasteiger charge is 2.54. The summed E-state index contributed by atoms with van der Waals surface area (Å²) in [6.45, 7) is 2.81. The van der Waals surface area contributed by atoms with Gasteiger partial charge in [-0.05, 0) is 75.2 Å². The van der Waals surface area contributed by atoms with Gasteiger partial charge in [-0.2, -0.15) is 0 Å². The van der Waals surface area contributed by atoms with E-state index in [1.807, 2.05) is 31.2 Å². The van der Waals surface area contributed by atoms with Crippen molar-refractivity contribution in [1.82, 2.24) is 10.6 Å². The Balaban J connectivity index is 1.06. The van der Waals surface area contributed by atoms with Crippen LogP contribution >= 0.6 is 0 Å². The van der Waals surface area contributed by atoms with Crippen LogP contribution in [0, 0.1) is 30.1 Å².